The van der Waals surface area contributed by atoms with Crippen molar-refractivity contribution < 1.29 is 13.3 Å². The summed E-state index contributed by atoms with van der Waals surface area (Å²) in [5.74, 6) is 0.506. The van der Waals surface area contributed by atoms with Crippen LogP contribution in [0.3, 0.4) is 0 Å². The predicted octanol–water partition coefficient (Wildman–Crippen LogP) is 1.18. The SMILES string of the molecule is Cc1cc(S(=O)(=O)NCCC2CCNC2)ccc1[N+](=O)[O-]. The predicted molar refractivity (Wildman–Crippen MR) is 78.6 cm³/mol. The fraction of sp³-hybridized carbons (Fsp3) is 0.538. The number of hydrogen-bond donors (Lipinski definition) is 2. The van der Waals surface area contributed by atoms with Crippen LogP contribution in [-0.4, -0.2) is 33.0 Å². The third-order valence-electron chi connectivity index (χ3n) is 3.68. The van der Waals surface area contributed by atoms with Crippen LogP contribution >= 0.6 is 0 Å². The van der Waals surface area contributed by atoms with Crippen LogP contribution in [0.2, 0.25) is 0 Å². The molecule has 1 aliphatic rings. The highest BCUT2D eigenvalue weighted by molar-refractivity contribution is 7.89. The molecule has 8 heteroatoms. The van der Waals surface area contributed by atoms with E-state index in [1.807, 2.05) is 0 Å². The van der Waals surface area contributed by atoms with Gasteiger partial charge in [-0.25, -0.2) is 13.1 Å². The van der Waals surface area contributed by atoms with Gasteiger partial charge >= 0.3 is 0 Å². The Bertz CT molecular complexity index is 624. The third-order valence-corrected chi connectivity index (χ3v) is 5.14. The second-order valence-electron chi connectivity index (χ2n) is 5.25. The molecular weight excluding hydrogens is 294 g/mol. The van der Waals surface area contributed by atoms with Crippen molar-refractivity contribution in [1.29, 1.82) is 0 Å². The van der Waals surface area contributed by atoms with E-state index in [0.29, 0.717) is 18.0 Å². The van der Waals surface area contributed by atoms with Gasteiger partial charge in [-0.1, -0.05) is 0 Å². The Balaban J connectivity index is 2.01. The van der Waals surface area contributed by atoms with Gasteiger partial charge in [-0.2, -0.15) is 0 Å². The van der Waals surface area contributed by atoms with Crippen LogP contribution in [0.15, 0.2) is 23.1 Å². The van der Waals surface area contributed by atoms with Gasteiger partial charge in [-0.15, -0.1) is 0 Å². The van der Waals surface area contributed by atoms with Gasteiger partial charge in [-0.05, 0) is 50.9 Å². The number of nitrogens with one attached hydrogen (secondary N) is 2. The van der Waals surface area contributed by atoms with Crippen LogP contribution in [-0.2, 0) is 10.0 Å². The molecule has 1 aromatic carbocycles. The van der Waals surface area contributed by atoms with Crippen molar-refractivity contribution in [3.63, 3.8) is 0 Å². The monoisotopic (exact) mass is 313 g/mol. The molecule has 1 aromatic rings. The fourth-order valence-corrected chi connectivity index (χ4v) is 3.57. The lowest BCUT2D eigenvalue weighted by molar-refractivity contribution is -0.385. The normalized spacial score (nSPS) is 18.8. The van der Waals surface area contributed by atoms with Crippen LogP contribution in [0.5, 0.6) is 0 Å². The Labute approximate surface area is 123 Å². The van der Waals surface area contributed by atoms with E-state index in [0.717, 1.165) is 25.9 Å². The van der Waals surface area contributed by atoms with E-state index in [1.165, 1.54) is 25.1 Å². The zero-order valence-corrected chi connectivity index (χ0v) is 12.6. The number of sulfonamides is 1. The third kappa shape index (κ3) is 3.99. The minimum Gasteiger partial charge on any atom is -0.316 e. The van der Waals surface area contributed by atoms with Crippen molar-refractivity contribution >= 4 is 15.7 Å². The van der Waals surface area contributed by atoms with Gasteiger partial charge in [0.25, 0.3) is 5.69 Å². The first-order valence-electron chi connectivity index (χ1n) is 6.85. The number of nitrogens with zero attached hydrogens (tertiary/aromatic N) is 1. The van der Waals surface area contributed by atoms with Crippen molar-refractivity contribution in [3.05, 3.63) is 33.9 Å². The van der Waals surface area contributed by atoms with Crippen LogP contribution in [0, 0.1) is 23.0 Å². The average molecular weight is 313 g/mol. The molecule has 1 aliphatic heterocycles. The molecule has 7 nitrogen and oxygen atoms in total. The van der Waals surface area contributed by atoms with E-state index in [2.05, 4.69) is 10.0 Å². The zero-order chi connectivity index (χ0) is 15.5. The summed E-state index contributed by atoms with van der Waals surface area (Å²) in [4.78, 5) is 10.3. The van der Waals surface area contributed by atoms with E-state index in [4.69, 9.17) is 0 Å². The number of nitro groups is 1. The Morgan fingerprint density at radius 2 is 2.24 bits per heavy atom. The van der Waals surface area contributed by atoms with Crippen molar-refractivity contribution in [3.8, 4) is 0 Å². The highest BCUT2D eigenvalue weighted by Crippen LogP contribution is 2.21. The van der Waals surface area contributed by atoms with Gasteiger partial charge in [0.05, 0.1) is 9.82 Å². The minimum absolute atomic E-state index is 0.0650. The Morgan fingerprint density at radius 1 is 1.48 bits per heavy atom. The molecule has 0 spiro atoms. The molecule has 2 rings (SSSR count). The van der Waals surface area contributed by atoms with Gasteiger partial charge in [0.1, 0.15) is 0 Å². The number of benzene rings is 1. The standard InChI is InChI=1S/C13H19N3O4S/c1-10-8-12(2-3-13(10)16(17)18)21(19,20)15-7-5-11-4-6-14-9-11/h2-3,8,11,14-15H,4-7,9H2,1H3. The highest BCUT2D eigenvalue weighted by atomic mass is 32.2. The maximum atomic E-state index is 12.1. The number of nitro benzene ring substituents is 1. The number of hydrogen-bond acceptors (Lipinski definition) is 5. The number of rotatable bonds is 6. The van der Waals surface area contributed by atoms with Gasteiger partial charge in [0.2, 0.25) is 10.0 Å². The molecule has 1 saturated heterocycles. The first kappa shape index (κ1) is 15.9. The van der Waals surface area contributed by atoms with Gasteiger partial charge in [-0.3, -0.25) is 10.1 Å². The van der Waals surface area contributed by atoms with Crippen molar-refractivity contribution in [2.45, 2.75) is 24.7 Å². The van der Waals surface area contributed by atoms with Crippen LogP contribution in [0.25, 0.3) is 0 Å². The molecule has 1 unspecified atom stereocenters. The molecule has 0 saturated carbocycles. The smallest absolute Gasteiger partial charge is 0.272 e. The van der Waals surface area contributed by atoms with Gasteiger partial charge < -0.3 is 5.32 Å². The lowest BCUT2D eigenvalue weighted by Crippen LogP contribution is -2.26. The van der Waals surface area contributed by atoms with E-state index in [-0.39, 0.29) is 10.6 Å². The lowest BCUT2D eigenvalue weighted by atomic mass is 10.1. The molecule has 0 aliphatic carbocycles. The Morgan fingerprint density at radius 3 is 2.81 bits per heavy atom. The second kappa shape index (κ2) is 6.50. The molecule has 116 valence electrons. The first-order valence-corrected chi connectivity index (χ1v) is 8.34. The summed E-state index contributed by atoms with van der Waals surface area (Å²) in [5, 5.41) is 14.0. The molecule has 1 fully saturated rings. The largest absolute Gasteiger partial charge is 0.316 e. The molecule has 0 bridgehead atoms. The molecule has 21 heavy (non-hydrogen) atoms. The van der Waals surface area contributed by atoms with Crippen LogP contribution < -0.4 is 10.0 Å². The van der Waals surface area contributed by atoms with Gasteiger partial charge in [0, 0.05) is 18.2 Å². The van der Waals surface area contributed by atoms with E-state index < -0.39 is 14.9 Å². The summed E-state index contributed by atoms with van der Waals surface area (Å²) >= 11 is 0. The van der Waals surface area contributed by atoms with Crippen LogP contribution in [0.1, 0.15) is 18.4 Å². The summed E-state index contributed by atoms with van der Waals surface area (Å²) in [6, 6.07) is 3.83. The average Bonchev–Trinajstić information content (AvgIpc) is 2.91. The minimum atomic E-state index is -3.61. The molecule has 1 heterocycles. The second-order valence-corrected chi connectivity index (χ2v) is 7.02. The molecule has 1 atom stereocenters. The summed E-state index contributed by atoms with van der Waals surface area (Å²) in [6.07, 6.45) is 1.86. The van der Waals surface area contributed by atoms with Crippen molar-refractivity contribution in [2.24, 2.45) is 5.92 Å². The Kier molecular flexibility index (Phi) is 4.92. The lowest BCUT2D eigenvalue weighted by Gasteiger charge is -2.10. The van der Waals surface area contributed by atoms with E-state index in [9.17, 15) is 18.5 Å². The number of aryl methyl sites for hydroxylation is 1. The maximum Gasteiger partial charge on any atom is 0.272 e. The van der Waals surface area contributed by atoms with Crippen molar-refractivity contribution in [2.75, 3.05) is 19.6 Å². The Hall–Kier alpha value is -1.51. The first-order chi connectivity index (χ1) is 9.90. The molecule has 0 radical (unpaired) electrons. The fourth-order valence-electron chi connectivity index (χ4n) is 2.44. The summed E-state index contributed by atoms with van der Waals surface area (Å²) < 4.78 is 26.8. The highest BCUT2D eigenvalue weighted by Gasteiger charge is 2.19. The van der Waals surface area contributed by atoms with Gasteiger partial charge in [0.15, 0.2) is 0 Å². The van der Waals surface area contributed by atoms with Crippen molar-refractivity contribution in [1.82, 2.24) is 10.0 Å². The molecule has 0 aromatic heterocycles. The molecule has 2 N–H and O–H groups in total. The maximum absolute atomic E-state index is 12.1. The summed E-state index contributed by atoms with van der Waals surface area (Å²) in [7, 11) is -3.61. The quantitative estimate of drug-likeness (QED) is 0.606. The summed E-state index contributed by atoms with van der Waals surface area (Å²) in [5.41, 5.74) is 0.258. The van der Waals surface area contributed by atoms with E-state index >= 15 is 0 Å². The molecule has 0 amide bonds. The zero-order valence-electron chi connectivity index (χ0n) is 11.8. The molecular formula is C13H19N3O4S. The summed E-state index contributed by atoms with van der Waals surface area (Å²) in [6.45, 7) is 3.82. The topological polar surface area (TPSA) is 101 Å². The van der Waals surface area contributed by atoms with E-state index in [1.54, 1.807) is 0 Å². The van der Waals surface area contributed by atoms with Crippen LogP contribution in [0.4, 0.5) is 5.69 Å².